The molecule has 0 bridgehead atoms. The van der Waals surface area contributed by atoms with Crippen molar-refractivity contribution in [3.8, 4) is 6.07 Å². The molecule has 0 aromatic carbocycles. The Morgan fingerprint density at radius 1 is 1.59 bits per heavy atom. The topological polar surface area (TPSA) is 78.2 Å². The van der Waals surface area contributed by atoms with Crippen molar-refractivity contribution in [1.29, 1.82) is 5.26 Å². The van der Waals surface area contributed by atoms with Crippen LogP contribution in [0, 0.1) is 11.3 Å². The zero-order valence-corrected chi connectivity index (χ0v) is 13.3. The van der Waals surface area contributed by atoms with E-state index in [0.29, 0.717) is 19.7 Å². The van der Waals surface area contributed by atoms with Crippen LogP contribution in [-0.4, -0.2) is 47.6 Å². The van der Waals surface area contributed by atoms with Crippen LogP contribution in [0.25, 0.3) is 0 Å². The normalized spacial score (nSPS) is 24.8. The van der Waals surface area contributed by atoms with Gasteiger partial charge in [-0.3, -0.25) is 9.69 Å². The van der Waals surface area contributed by atoms with Gasteiger partial charge in [-0.2, -0.15) is 5.26 Å². The molecule has 3 rings (SSSR count). The maximum Gasteiger partial charge on any atom is 0.235 e. The number of carbonyl (C=O) groups excluding carboxylic acids is 1. The quantitative estimate of drug-likeness (QED) is 0.909. The second kappa shape index (κ2) is 6.73. The van der Waals surface area contributed by atoms with Crippen LogP contribution in [0.1, 0.15) is 36.8 Å². The Kier molecular flexibility index (Phi) is 4.71. The first-order valence-electron chi connectivity index (χ1n) is 7.66. The Morgan fingerprint density at radius 2 is 2.41 bits per heavy atom. The van der Waals surface area contributed by atoms with E-state index in [4.69, 9.17) is 4.74 Å². The Bertz CT molecular complexity index is 548. The van der Waals surface area contributed by atoms with Crippen LogP contribution in [0.2, 0.25) is 0 Å². The molecule has 1 atom stereocenters. The van der Waals surface area contributed by atoms with Gasteiger partial charge in [0.25, 0.3) is 0 Å². The highest BCUT2D eigenvalue weighted by atomic mass is 32.1. The van der Waals surface area contributed by atoms with Gasteiger partial charge in [0, 0.05) is 24.7 Å². The van der Waals surface area contributed by atoms with Crippen molar-refractivity contribution in [3.63, 3.8) is 0 Å². The fraction of sp³-hybridized carbons (Fsp3) is 0.667. The van der Waals surface area contributed by atoms with E-state index in [1.807, 2.05) is 5.38 Å². The third-order valence-electron chi connectivity index (χ3n) is 4.29. The average Bonchev–Trinajstić information content (AvgIpc) is 3.19. The maximum absolute atomic E-state index is 12.3. The number of aromatic nitrogens is 1. The lowest BCUT2D eigenvalue weighted by Crippen LogP contribution is -2.50. The molecule has 1 saturated heterocycles. The van der Waals surface area contributed by atoms with Crippen molar-refractivity contribution in [2.45, 2.75) is 37.3 Å². The van der Waals surface area contributed by atoms with Crippen LogP contribution in [0.15, 0.2) is 11.6 Å². The number of nitrogens with zero attached hydrogens (tertiary/aromatic N) is 3. The number of morpholine rings is 1. The van der Waals surface area contributed by atoms with Crippen LogP contribution in [-0.2, 0) is 9.53 Å². The summed E-state index contributed by atoms with van der Waals surface area (Å²) in [6, 6.07) is 2.29. The summed E-state index contributed by atoms with van der Waals surface area (Å²) in [5.41, 5.74) is -0.641. The lowest BCUT2D eigenvalue weighted by atomic mass is 10.00. The van der Waals surface area contributed by atoms with Crippen molar-refractivity contribution in [3.05, 3.63) is 16.6 Å². The number of thiazole rings is 1. The van der Waals surface area contributed by atoms with E-state index in [-0.39, 0.29) is 12.0 Å². The zero-order chi connectivity index (χ0) is 15.4. The van der Waals surface area contributed by atoms with E-state index in [2.05, 4.69) is 21.3 Å². The predicted molar refractivity (Wildman–Crippen MR) is 82.2 cm³/mol. The van der Waals surface area contributed by atoms with Gasteiger partial charge < -0.3 is 10.1 Å². The molecule has 1 aromatic heterocycles. The molecule has 6 nitrogen and oxygen atoms in total. The first-order chi connectivity index (χ1) is 10.7. The SMILES string of the molecule is N#CC1(NC(=O)CN2CCOC(c3nccs3)C2)CCCC1. The summed E-state index contributed by atoms with van der Waals surface area (Å²) >= 11 is 1.57. The van der Waals surface area contributed by atoms with E-state index in [9.17, 15) is 10.1 Å². The molecule has 0 radical (unpaired) electrons. The lowest BCUT2D eigenvalue weighted by Gasteiger charge is -2.32. The molecule has 7 heteroatoms. The molecule has 2 fully saturated rings. The summed E-state index contributed by atoms with van der Waals surface area (Å²) in [6.07, 6.45) is 5.26. The summed E-state index contributed by atoms with van der Waals surface area (Å²) in [5, 5.41) is 15.2. The van der Waals surface area contributed by atoms with E-state index in [1.54, 1.807) is 17.5 Å². The first-order valence-corrected chi connectivity index (χ1v) is 8.54. The van der Waals surface area contributed by atoms with Crippen molar-refractivity contribution < 1.29 is 9.53 Å². The van der Waals surface area contributed by atoms with Crippen LogP contribution >= 0.6 is 11.3 Å². The minimum absolute atomic E-state index is 0.0574. The van der Waals surface area contributed by atoms with Crippen molar-refractivity contribution in [2.75, 3.05) is 26.2 Å². The van der Waals surface area contributed by atoms with Gasteiger partial charge in [0.1, 0.15) is 16.7 Å². The molecular weight excluding hydrogens is 300 g/mol. The van der Waals surface area contributed by atoms with Gasteiger partial charge in [0.05, 0.1) is 19.2 Å². The van der Waals surface area contributed by atoms with Crippen LogP contribution in [0.5, 0.6) is 0 Å². The fourth-order valence-electron chi connectivity index (χ4n) is 3.14. The standard InChI is InChI=1S/C15H20N4O2S/c16-11-15(3-1-2-4-15)18-13(20)10-19-6-7-21-12(9-19)14-17-5-8-22-14/h5,8,12H,1-4,6-7,9-10H2,(H,18,20). The average molecular weight is 320 g/mol. The van der Waals surface area contributed by atoms with Crippen LogP contribution < -0.4 is 5.32 Å². The molecule has 1 aliphatic heterocycles. The second-order valence-corrected chi connectivity index (χ2v) is 6.84. The van der Waals surface area contributed by atoms with Gasteiger partial charge in [-0.15, -0.1) is 11.3 Å². The predicted octanol–water partition coefficient (Wildman–Crippen LogP) is 1.47. The molecular formula is C15H20N4O2S. The molecule has 1 amide bonds. The third-order valence-corrected chi connectivity index (χ3v) is 5.16. The minimum Gasteiger partial charge on any atom is -0.368 e. The Hall–Kier alpha value is -1.49. The van der Waals surface area contributed by atoms with Gasteiger partial charge in [0.2, 0.25) is 5.91 Å². The molecule has 2 aliphatic rings. The number of rotatable bonds is 4. The van der Waals surface area contributed by atoms with Crippen molar-refractivity contribution >= 4 is 17.2 Å². The van der Waals surface area contributed by atoms with E-state index in [0.717, 1.165) is 37.2 Å². The van der Waals surface area contributed by atoms with E-state index >= 15 is 0 Å². The number of hydrogen-bond donors (Lipinski definition) is 1. The summed E-state index contributed by atoms with van der Waals surface area (Å²) in [7, 11) is 0. The van der Waals surface area contributed by atoms with E-state index in [1.165, 1.54) is 0 Å². The molecule has 22 heavy (non-hydrogen) atoms. The van der Waals surface area contributed by atoms with Gasteiger partial charge in [-0.25, -0.2) is 4.98 Å². The van der Waals surface area contributed by atoms with E-state index < -0.39 is 5.54 Å². The molecule has 1 unspecified atom stereocenters. The molecule has 1 N–H and O–H groups in total. The zero-order valence-electron chi connectivity index (χ0n) is 12.5. The van der Waals surface area contributed by atoms with Gasteiger partial charge in [-0.05, 0) is 25.7 Å². The Balaban J connectivity index is 1.54. The van der Waals surface area contributed by atoms with Crippen molar-refractivity contribution in [1.82, 2.24) is 15.2 Å². The Morgan fingerprint density at radius 3 is 3.09 bits per heavy atom. The molecule has 1 aliphatic carbocycles. The van der Waals surface area contributed by atoms with Gasteiger partial charge in [-0.1, -0.05) is 0 Å². The number of amides is 1. The molecule has 118 valence electrons. The highest BCUT2D eigenvalue weighted by Crippen LogP contribution is 2.29. The third kappa shape index (κ3) is 3.46. The molecule has 0 spiro atoms. The monoisotopic (exact) mass is 320 g/mol. The smallest absolute Gasteiger partial charge is 0.235 e. The Labute approximate surface area is 134 Å². The van der Waals surface area contributed by atoms with Gasteiger partial charge >= 0.3 is 0 Å². The fourth-order valence-corrected chi connectivity index (χ4v) is 3.82. The highest BCUT2D eigenvalue weighted by Gasteiger charge is 2.36. The molecule has 1 saturated carbocycles. The minimum atomic E-state index is -0.641. The summed E-state index contributed by atoms with van der Waals surface area (Å²) in [4.78, 5) is 18.6. The first kappa shape index (κ1) is 15.4. The van der Waals surface area contributed by atoms with Crippen molar-refractivity contribution in [2.24, 2.45) is 0 Å². The number of hydrogen-bond acceptors (Lipinski definition) is 6. The summed E-state index contributed by atoms with van der Waals surface area (Å²) in [5.74, 6) is -0.0664. The molecule has 1 aromatic rings. The summed E-state index contributed by atoms with van der Waals surface area (Å²) in [6.45, 7) is 2.31. The highest BCUT2D eigenvalue weighted by molar-refractivity contribution is 7.09. The summed E-state index contributed by atoms with van der Waals surface area (Å²) < 4.78 is 5.73. The van der Waals surface area contributed by atoms with Gasteiger partial charge in [0.15, 0.2) is 0 Å². The lowest BCUT2D eigenvalue weighted by molar-refractivity contribution is -0.125. The van der Waals surface area contributed by atoms with Crippen LogP contribution in [0.3, 0.4) is 0 Å². The molecule has 2 heterocycles. The number of carbonyl (C=O) groups is 1. The number of ether oxygens (including phenoxy) is 1. The number of nitrogens with one attached hydrogen (secondary N) is 1. The largest absolute Gasteiger partial charge is 0.368 e. The second-order valence-electron chi connectivity index (χ2n) is 5.91. The maximum atomic E-state index is 12.3. The number of nitriles is 1. The van der Waals surface area contributed by atoms with Crippen LogP contribution in [0.4, 0.5) is 0 Å².